The minimum absolute atomic E-state index is 0.0234. The summed E-state index contributed by atoms with van der Waals surface area (Å²) in [5.41, 5.74) is 5.11. The third kappa shape index (κ3) is 4.10. The zero-order valence-electron chi connectivity index (χ0n) is 11.2. The minimum atomic E-state index is -0.526. The molecule has 0 heterocycles. The highest BCUT2D eigenvalue weighted by Crippen LogP contribution is 2.18. The lowest BCUT2D eigenvalue weighted by Crippen LogP contribution is -2.51. The number of nitrogens with two attached hydrogens (primary N) is 1. The van der Waals surface area contributed by atoms with Crippen LogP contribution in [0.15, 0.2) is 0 Å². The van der Waals surface area contributed by atoms with Crippen molar-refractivity contribution in [3.63, 3.8) is 0 Å². The Bertz CT molecular complexity index is 227. The fraction of sp³-hybridized carbons (Fsp3) is 0.917. The second-order valence-electron chi connectivity index (χ2n) is 5.43. The summed E-state index contributed by atoms with van der Waals surface area (Å²) in [6.07, 6.45) is 0.793. The van der Waals surface area contributed by atoms with Gasteiger partial charge in [-0.3, -0.25) is 4.79 Å². The predicted molar refractivity (Wildman–Crippen MR) is 65.9 cm³/mol. The molecule has 4 heteroatoms. The summed E-state index contributed by atoms with van der Waals surface area (Å²) in [5, 5.41) is 9.22. The molecule has 0 aromatic rings. The Morgan fingerprint density at radius 3 is 2.25 bits per heavy atom. The summed E-state index contributed by atoms with van der Waals surface area (Å²) in [5.74, 6) is 0.328. The van der Waals surface area contributed by atoms with Crippen LogP contribution in [-0.2, 0) is 4.79 Å². The van der Waals surface area contributed by atoms with Crippen LogP contribution >= 0.6 is 0 Å². The van der Waals surface area contributed by atoms with E-state index in [1.807, 2.05) is 13.8 Å². The van der Waals surface area contributed by atoms with Crippen molar-refractivity contribution in [2.75, 3.05) is 20.2 Å². The van der Waals surface area contributed by atoms with Gasteiger partial charge < -0.3 is 15.7 Å². The van der Waals surface area contributed by atoms with Crippen LogP contribution in [0.3, 0.4) is 0 Å². The largest absolute Gasteiger partial charge is 0.394 e. The van der Waals surface area contributed by atoms with E-state index in [9.17, 15) is 9.90 Å². The summed E-state index contributed by atoms with van der Waals surface area (Å²) >= 11 is 0. The van der Waals surface area contributed by atoms with Crippen molar-refractivity contribution < 1.29 is 9.90 Å². The van der Waals surface area contributed by atoms with E-state index in [2.05, 4.69) is 13.8 Å². The first-order valence-electron chi connectivity index (χ1n) is 5.84. The molecule has 96 valence electrons. The van der Waals surface area contributed by atoms with E-state index in [1.54, 1.807) is 11.9 Å². The SMILES string of the molecule is CC(C)CC(CN)C(=O)N(C)C(C)(C)CO. The average molecular weight is 230 g/mol. The highest BCUT2D eigenvalue weighted by atomic mass is 16.3. The monoisotopic (exact) mass is 230 g/mol. The van der Waals surface area contributed by atoms with Crippen LogP contribution < -0.4 is 5.73 Å². The fourth-order valence-electron chi connectivity index (χ4n) is 1.55. The quantitative estimate of drug-likeness (QED) is 0.710. The molecule has 0 saturated carbocycles. The number of nitrogens with zero attached hydrogens (tertiary/aromatic N) is 1. The van der Waals surface area contributed by atoms with Crippen molar-refractivity contribution in [1.82, 2.24) is 4.90 Å². The van der Waals surface area contributed by atoms with Crippen molar-refractivity contribution in [2.45, 2.75) is 39.7 Å². The van der Waals surface area contributed by atoms with E-state index in [0.29, 0.717) is 12.5 Å². The Morgan fingerprint density at radius 2 is 1.94 bits per heavy atom. The highest BCUT2D eigenvalue weighted by Gasteiger charge is 2.31. The van der Waals surface area contributed by atoms with Crippen molar-refractivity contribution in [1.29, 1.82) is 0 Å². The Labute approximate surface area is 98.8 Å². The maximum absolute atomic E-state index is 12.2. The molecule has 0 aliphatic carbocycles. The van der Waals surface area contributed by atoms with Crippen molar-refractivity contribution in [3.8, 4) is 0 Å². The number of aliphatic hydroxyl groups excluding tert-OH is 1. The molecule has 0 saturated heterocycles. The lowest BCUT2D eigenvalue weighted by molar-refractivity contribution is -0.140. The van der Waals surface area contributed by atoms with Crippen LogP contribution in [0.25, 0.3) is 0 Å². The number of carbonyl (C=O) groups is 1. The van der Waals surface area contributed by atoms with Crippen molar-refractivity contribution in [3.05, 3.63) is 0 Å². The van der Waals surface area contributed by atoms with Gasteiger partial charge in [-0.25, -0.2) is 0 Å². The molecule has 0 rings (SSSR count). The molecule has 0 aromatic carbocycles. The Balaban J connectivity index is 4.62. The molecule has 1 unspecified atom stereocenters. The normalized spacial score (nSPS) is 14.0. The summed E-state index contributed by atoms with van der Waals surface area (Å²) < 4.78 is 0. The summed E-state index contributed by atoms with van der Waals surface area (Å²) in [4.78, 5) is 13.8. The van der Waals surface area contributed by atoms with Crippen LogP contribution in [0.1, 0.15) is 34.1 Å². The van der Waals surface area contributed by atoms with E-state index in [1.165, 1.54) is 0 Å². The maximum atomic E-state index is 12.2. The molecular weight excluding hydrogens is 204 g/mol. The van der Waals surface area contributed by atoms with Gasteiger partial charge in [-0.15, -0.1) is 0 Å². The van der Waals surface area contributed by atoms with Crippen LogP contribution in [0.2, 0.25) is 0 Å². The number of likely N-dealkylation sites (N-methyl/N-ethyl adjacent to an activating group) is 1. The topological polar surface area (TPSA) is 66.6 Å². The van der Waals surface area contributed by atoms with E-state index in [4.69, 9.17) is 5.73 Å². The summed E-state index contributed by atoms with van der Waals surface area (Å²) in [6.45, 7) is 8.15. The van der Waals surface area contributed by atoms with Crippen LogP contribution in [0, 0.1) is 11.8 Å². The fourth-order valence-corrected chi connectivity index (χ4v) is 1.55. The zero-order valence-corrected chi connectivity index (χ0v) is 11.2. The molecule has 0 spiro atoms. The molecule has 3 N–H and O–H groups in total. The van der Waals surface area contributed by atoms with E-state index < -0.39 is 5.54 Å². The number of hydrogen-bond acceptors (Lipinski definition) is 3. The van der Waals surface area contributed by atoms with E-state index in [-0.39, 0.29) is 18.4 Å². The molecule has 0 aromatic heterocycles. The molecule has 0 fully saturated rings. The van der Waals surface area contributed by atoms with Crippen LogP contribution in [0.5, 0.6) is 0 Å². The number of carbonyl (C=O) groups excluding carboxylic acids is 1. The summed E-state index contributed by atoms with van der Waals surface area (Å²) in [6, 6.07) is 0. The van der Waals surface area contributed by atoms with Crippen molar-refractivity contribution in [2.24, 2.45) is 17.6 Å². The van der Waals surface area contributed by atoms with Gasteiger partial charge in [0.2, 0.25) is 5.91 Å². The molecule has 0 aliphatic rings. The second-order valence-corrected chi connectivity index (χ2v) is 5.43. The van der Waals surface area contributed by atoms with Crippen molar-refractivity contribution >= 4 is 5.91 Å². The van der Waals surface area contributed by atoms with Gasteiger partial charge in [-0.05, 0) is 26.2 Å². The molecule has 1 atom stereocenters. The molecule has 0 radical (unpaired) electrons. The first-order valence-corrected chi connectivity index (χ1v) is 5.84. The molecule has 0 bridgehead atoms. The second kappa shape index (κ2) is 6.21. The third-order valence-electron chi connectivity index (χ3n) is 3.02. The van der Waals surface area contributed by atoms with Gasteiger partial charge in [-0.1, -0.05) is 13.8 Å². The van der Waals surface area contributed by atoms with E-state index in [0.717, 1.165) is 6.42 Å². The molecule has 1 amide bonds. The first-order chi connectivity index (χ1) is 7.26. The smallest absolute Gasteiger partial charge is 0.227 e. The molecular formula is C12H26N2O2. The van der Waals surface area contributed by atoms with Gasteiger partial charge in [0.1, 0.15) is 0 Å². The lowest BCUT2D eigenvalue weighted by atomic mass is 9.94. The lowest BCUT2D eigenvalue weighted by Gasteiger charge is -2.36. The first kappa shape index (κ1) is 15.4. The molecule has 16 heavy (non-hydrogen) atoms. The Morgan fingerprint density at radius 1 is 1.44 bits per heavy atom. The maximum Gasteiger partial charge on any atom is 0.227 e. The number of aliphatic hydroxyl groups is 1. The Hall–Kier alpha value is -0.610. The van der Waals surface area contributed by atoms with Gasteiger partial charge in [-0.2, -0.15) is 0 Å². The van der Waals surface area contributed by atoms with Gasteiger partial charge in [0.05, 0.1) is 18.1 Å². The zero-order chi connectivity index (χ0) is 12.9. The molecule has 0 aliphatic heterocycles. The van der Waals surface area contributed by atoms with Gasteiger partial charge in [0.15, 0.2) is 0 Å². The number of rotatable bonds is 6. The van der Waals surface area contributed by atoms with Crippen LogP contribution in [-0.4, -0.2) is 41.7 Å². The average Bonchev–Trinajstić information content (AvgIpc) is 2.23. The van der Waals surface area contributed by atoms with Crippen LogP contribution in [0.4, 0.5) is 0 Å². The number of hydrogen-bond donors (Lipinski definition) is 2. The predicted octanol–water partition coefficient (Wildman–Crippen LogP) is 0.837. The summed E-state index contributed by atoms with van der Waals surface area (Å²) in [7, 11) is 1.72. The Kier molecular flexibility index (Phi) is 5.97. The minimum Gasteiger partial charge on any atom is -0.394 e. The van der Waals surface area contributed by atoms with Gasteiger partial charge in [0.25, 0.3) is 0 Å². The third-order valence-corrected chi connectivity index (χ3v) is 3.02. The van der Waals surface area contributed by atoms with E-state index >= 15 is 0 Å². The van der Waals surface area contributed by atoms with Gasteiger partial charge in [0, 0.05) is 13.6 Å². The number of amides is 1. The highest BCUT2D eigenvalue weighted by molar-refractivity contribution is 5.79. The molecule has 4 nitrogen and oxygen atoms in total. The standard InChI is InChI=1S/C12H26N2O2/c1-9(2)6-10(7-13)11(16)14(5)12(3,4)8-15/h9-10,15H,6-8,13H2,1-5H3. The van der Waals surface area contributed by atoms with Gasteiger partial charge >= 0.3 is 0 Å².